The van der Waals surface area contributed by atoms with E-state index in [9.17, 15) is 10.1 Å². The van der Waals surface area contributed by atoms with Gasteiger partial charge in [-0.25, -0.2) is 0 Å². The summed E-state index contributed by atoms with van der Waals surface area (Å²) < 4.78 is 16.2. The van der Waals surface area contributed by atoms with E-state index < -0.39 is 5.56 Å². The number of benzene rings is 2. The third-order valence-electron chi connectivity index (χ3n) is 4.29. The quantitative estimate of drug-likeness (QED) is 0.696. The third kappa shape index (κ3) is 3.40. The molecule has 0 saturated heterocycles. The van der Waals surface area contributed by atoms with Crippen LogP contribution < -0.4 is 19.8 Å². The number of halogens is 1. The molecule has 0 unspecified atom stereocenters. The standard InChI is InChI=1S/C21H17ClN2O4/c1-26-18-9-8-14(19(27-2)20(18)28-3)17-10-15(16(11-23)21(25)24-17)12-4-6-13(22)7-5-12/h4-10H,1-3H3,(H,24,25). The van der Waals surface area contributed by atoms with Gasteiger partial charge in [-0.2, -0.15) is 5.26 Å². The summed E-state index contributed by atoms with van der Waals surface area (Å²) >= 11 is 5.96. The number of pyridine rings is 1. The first kappa shape index (κ1) is 19.3. The fourth-order valence-electron chi connectivity index (χ4n) is 2.99. The van der Waals surface area contributed by atoms with E-state index in [1.807, 2.05) is 6.07 Å². The van der Waals surface area contributed by atoms with Crippen molar-refractivity contribution in [2.75, 3.05) is 21.3 Å². The molecule has 0 spiro atoms. The molecule has 1 N–H and O–H groups in total. The molecule has 1 aromatic heterocycles. The number of hydrogen-bond donors (Lipinski definition) is 1. The van der Waals surface area contributed by atoms with Crippen molar-refractivity contribution in [2.24, 2.45) is 0 Å². The number of nitrogens with one attached hydrogen (secondary N) is 1. The van der Waals surface area contributed by atoms with E-state index in [2.05, 4.69) is 4.98 Å². The van der Waals surface area contributed by atoms with Crippen LogP contribution in [-0.4, -0.2) is 26.3 Å². The van der Waals surface area contributed by atoms with Crippen molar-refractivity contribution in [1.82, 2.24) is 4.98 Å². The zero-order chi connectivity index (χ0) is 20.3. The van der Waals surface area contributed by atoms with Gasteiger partial charge in [0.25, 0.3) is 5.56 Å². The molecule has 0 amide bonds. The summed E-state index contributed by atoms with van der Waals surface area (Å²) in [4.78, 5) is 15.3. The normalized spacial score (nSPS) is 10.2. The number of aromatic amines is 1. The van der Waals surface area contributed by atoms with Crippen LogP contribution in [0, 0.1) is 11.3 Å². The Hall–Kier alpha value is -3.43. The van der Waals surface area contributed by atoms with Crippen molar-refractivity contribution >= 4 is 11.6 Å². The molecular formula is C21H17ClN2O4. The van der Waals surface area contributed by atoms with Gasteiger partial charge in [0.05, 0.1) is 27.0 Å². The maximum Gasteiger partial charge on any atom is 0.266 e. The van der Waals surface area contributed by atoms with E-state index in [-0.39, 0.29) is 5.56 Å². The average molecular weight is 397 g/mol. The highest BCUT2D eigenvalue weighted by molar-refractivity contribution is 6.30. The molecule has 142 valence electrons. The van der Waals surface area contributed by atoms with Crippen LogP contribution in [0.5, 0.6) is 17.2 Å². The Morgan fingerprint density at radius 3 is 2.18 bits per heavy atom. The largest absolute Gasteiger partial charge is 0.493 e. The number of nitrogens with zero attached hydrogens (tertiary/aromatic N) is 1. The molecule has 0 aliphatic rings. The molecular weight excluding hydrogens is 380 g/mol. The van der Waals surface area contributed by atoms with E-state index in [1.54, 1.807) is 42.5 Å². The fourth-order valence-corrected chi connectivity index (χ4v) is 3.11. The summed E-state index contributed by atoms with van der Waals surface area (Å²) in [5.41, 5.74) is 1.79. The van der Waals surface area contributed by atoms with Crippen molar-refractivity contribution in [3.05, 3.63) is 63.4 Å². The number of aromatic nitrogens is 1. The van der Waals surface area contributed by atoms with Gasteiger partial charge in [-0.15, -0.1) is 0 Å². The highest BCUT2D eigenvalue weighted by Crippen LogP contribution is 2.44. The average Bonchev–Trinajstić information content (AvgIpc) is 2.72. The lowest BCUT2D eigenvalue weighted by atomic mass is 9.98. The van der Waals surface area contributed by atoms with E-state index in [0.29, 0.717) is 44.7 Å². The lowest BCUT2D eigenvalue weighted by molar-refractivity contribution is 0.325. The van der Waals surface area contributed by atoms with Crippen LogP contribution in [0.1, 0.15) is 5.56 Å². The number of ether oxygens (including phenoxy) is 3. The van der Waals surface area contributed by atoms with Crippen LogP contribution in [0.25, 0.3) is 22.4 Å². The second-order valence-corrected chi connectivity index (χ2v) is 6.24. The first-order chi connectivity index (χ1) is 13.5. The van der Waals surface area contributed by atoms with Gasteiger partial charge in [0.1, 0.15) is 11.6 Å². The Balaban J connectivity index is 2.29. The van der Waals surface area contributed by atoms with E-state index >= 15 is 0 Å². The van der Waals surface area contributed by atoms with E-state index in [0.717, 1.165) is 0 Å². The molecule has 0 aliphatic carbocycles. The molecule has 0 bridgehead atoms. The van der Waals surface area contributed by atoms with E-state index in [4.69, 9.17) is 25.8 Å². The Kier molecular flexibility index (Phi) is 5.57. The van der Waals surface area contributed by atoms with Gasteiger partial charge in [0.2, 0.25) is 5.75 Å². The Bertz CT molecular complexity index is 1110. The highest BCUT2D eigenvalue weighted by Gasteiger charge is 2.20. The Labute approximate surface area is 166 Å². The number of hydrogen-bond acceptors (Lipinski definition) is 5. The molecule has 0 saturated carbocycles. The number of methoxy groups -OCH3 is 3. The van der Waals surface area contributed by atoms with Gasteiger partial charge in [-0.1, -0.05) is 23.7 Å². The lowest BCUT2D eigenvalue weighted by Crippen LogP contribution is -2.13. The number of nitriles is 1. The van der Waals surface area contributed by atoms with Crippen molar-refractivity contribution < 1.29 is 14.2 Å². The van der Waals surface area contributed by atoms with E-state index in [1.165, 1.54) is 21.3 Å². The zero-order valence-corrected chi connectivity index (χ0v) is 16.3. The monoisotopic (exact) mass is 396 g/mol. The lowest BCUT2D eigenvalue weighted by Gasteiger charge is -2.16. The van der Waals surface area contributed by atoms with Crippen LogP contribution in [0.2, 0.25) is 5.02 Å². The maximum atomic E-state index is 12.6. The minimum Gasteiger partial charge on any atom is -0.493 e. The summed E-state index contributed by atoms with van der Waals surface area (Å²) in [7, 11) is 4.53. The van der Waals surface area contributed by atoms with Gasteiger partial charge >= 0.3 is 0 Å². The first-order valence-corrected chi connectivity index (χ1v) is 8.64. The van der Waals surface area contributed by atoms with Gasteiger partial charge in [-0.05, 0) is 35.9 Å². The molecule has 0 atom stereocenters. The summed E-state index contributed by atoms with van der Waals surface area (Å²) in [6, 6.07) is 14.1. The second kappa shape index (κ2) is 8.07. The molecule has 0 fully saturated rings. The molecule has 6 nitrogen and oxygen atoms in total. The maximum absolute atomic E-state index is 12.6. The van der Waals surface area contributed by atoms with Crippen LogP contribution in [0.3, 0.4) is 0 Å². The van der Waals surface area contributed by atoms with Crippen LogP contribution in [0.4, 0.5) is 0 Å². The summed E-state index contributed by atoms with van der Waals surface area (Å²) in [6.07, 6.45) is 0. The fraction of sp³-hybridized carbons (Fsp3) is 0.143. The predicted octanol–water partition coefficient (Wildman–Crippen LogP) is 4.26. The molecule has 3 rings (SSSR count). The highest BCUT2D eigenvalue weighted by atomic mass is 35.5. The van der Waals surface area contributed by atoms with Crippen LogP contribution in [0.15, 0.2) is 47.3 Å². The Morgan fingerprint density at radius 1 is 0.929 bits per heavy atom. The predicted molar refractivity (Wildman–Crippen MR) is 107 cm³/mol. The zero-order valence-electron chi connectivity index (χ0n) is 15.5. The summed E-state index contributed by atoms with van der Waals surface area (Å²) in [5.74, 6) is 1.31. The van der Waals surface area contributed by atoms with Crippen molar-refractivity contribution in [3.8, 4) is 45.7 Å². The van der Waals surface area contributed by atoms with Crippen molar-refractivity contribution in [2.45, 2.75) is 0 Å². The van der Waals surface area contributed by atoms with Crippen molar-refractivity contribution in [3.63, 3.8) is 0 Å². The molecule has 0 aliphatic heterocycles. The van der Waals surface area contributed by atoms with Gasteiger partial charge in [-0.3, -0.25) is 4.79 Å². The van der Waals surface area contributed by atoms with Gasteiger partial charge < -0.3 is 19.2 Å². The van der Waals surface area contributed by atoms with Crippen LogP contribution in [-0.2, 0) is 0 Å². The molecule has 0 radical (unpaired) electrons. The van der Waals surface area contributed by atoms with Gasteiger partial charge in [0, 0.05) is 16.1 Å². The number of H-pyrrole nitrogens is 1. The summed E-state index contributed by atoms with van der Waals surface area (Å²) in [6.45, 7) is 0. The SMILES string of the molecule is COc1ccc(-c2cc(-c3ccc(Cl)cc3)c(C#N)c(=O)[nH]2)c(OC)c1OC. The van der Waals surface area contributed by atoms with Gasteiger partial charge in [0.15, 0.2) is 11.5 Å². The second-order valence-electron chi connectivity index (χ2n) is 5.80. The van der Waals surface area contributed by atoms with Crippen LogP contribution >= 0.6 is 11.6 Å². The summed E-state index contributed by atoms with van der Waals surface area (Å²) in [5, 5.41) is 10.0. The molecule has 3 aromatic rings. The first-order valence-electron chi connectivity index (χ1n) is 8.26. The van der Waals surface area contributed by atoms with Crippen molar-refractivity contribution in [1.29, 1.82) is 5.26 Å². The minimum atomic E-state index is -0.498. The minimum absolute atomic E-state index is 0.0190. The number of rotatable bonds is 5. The topological polar surface area (TPSA) is 84.3 Å². The smallest absolute Gasteiger partial charge is 0.266 e. The molecule has 7 heteroatoms. The third-order valence-corrected chi connectivity index (χ3v) is 4.55. The Morgan fingerprint density at radius 2 is 1.61 bits per heavy atom. The molecule has 1 heterocycles. The molecule has 28 heavy (non-hydrogen) atoms. The molecule has 2 aromatic carbocycles.